The molecule has 0 amide bonds. The second kappa shape index (κ2) is 4.70. The lowest BCUT2D eigenvalue weighted by Crippen LogP contribution is -2.62. The SMILES string of the molecule is CCO[C@@H]1CSC2(C1)CN(S(=O)(=O)N(C)C)C2. The molecule has 1 atom stereocenters. The van der Waals surface area contributed by atoms with Gasteiger partial charge in [-0.25, -0.2) is 0 Å². The Labute approximate surface area is 108 Å². The van der Waals surface area contributed by atoms with Crippen LogP contribution in [0, 0.1) is 0 Å². The molecule has 2 rings (SSSR count). The van der Waals surface area contributed by atoms with Crippen molar-refractivity contribution in [1.82, 2.24) is 8.61 Å². The van der Waals surface area contributed by atoms with E-state index in [1.54, 1.807) is 18.4 Å². The fourth-order valence-corrected chi connectivity index (χ4v) is 5.35. The molecule has 0 aromatic heterocycles. The van der Waals surface area contributed by atoms with Gasteiger partial charge in [0.1, 0.15) is 0 Å². The summed E-state index contributed by atoms with van der Waals surface area (Å²) in [5, 5.41) is 0. The van der Waals surface area contributed by atoms with Crippen molar-refractivity contribution in [2.75, 3.05) is 39.5 Å². The second-order valence-corrected chi connectivity index (χ2v) is 8.46. The van der Waals surface area contributed by atoms with Crippen molar-refractivity contribution in [1.29, 1.82) is 0 Å². The minimum absolute atomic E-state index is 0.114. The molecule has 0 N–H and O–H groups in total. The Morgan fingerprint density at radius 3 is 2.65 bits per heavy atom. The van der Waals surface area contributed by atoms with Crippen molar-refractivity contribution in [3.05, 3.63) is 0 Å². The Balaban J connectivity index is 1.91. The highest BCUT2D eigenvalue weighted by atomic mass is 32.2. The van der Waals surface area contributed by atoms with Crippen LogP contribution in [0.25, 0.3) is 0 Å². The molecule has 2 aliphatic rings. The Morgan fingerprint density at radius 2 is 2.12 bits per heavy atom. The summed E-state index contributed by atoms with van der Waals surface area (Å²) in [6, 6.07) is 0. The summed E-state index contributed by atoms with van der Waals surface area (Å²) in [7, 11) is -0.0718. The maximum absolute atomic E-state index is 11.9. The molecule has 0 unspecified atom stereocenters. The van der Waals surface area contributed by atoms with E-state index >= 15 is 0 Å². The van der Waals surface area contributed by atoms with E-state index in [-0.39, 0.29) is 4.75 Å². The zero-order valence-corrected chi connectivity index (χ0v) is 12.2. The first-order valence-corrected chi connectivity index (χ1v) is 8.21. The average Bonchev–Trinajstić information content (AvgIpc) is 2.60. The van der Waals surface area contributed by atoms with Crippen LogP contribution in [0.15, 0.2) is 0 Å². The van der Waals surface area contributed by atoms with Gasteiger partial charge < -0.3 is 4.74 Å². The molecule has 0 bridgehead atoms. The van der Waals surface area contributed by atoms with Crippen molar-refractivity contribution < 1.29 is 13.2 Å². The molecular weight excluding hydrogens is 260 g/mol. The maximum Gasteiger partial charge on any atom is 0.281 e. The highest BCUT2D eigenvalue weighted by Gasteiger charge is 2.53. The fourth-order valence-electron chi connectivity index (χ4n) is 2.36. The van der Waals surface area contributed by atoms with E-state index in [2.05, 4.69) is 0 Å². The monoisotopic (exact) mass is 280 g/mol. The Hall–Kier alpha value is 0.180. The molecule has 2 fully saturated rings. The molecule has 7 heteroatoms. The quantitative estimate of drug-likeness (QED) is 0.747. The predicted octanol–water partition coefficient (Wildman–Crippen LogP) is 0.389. The first kappa shape index (κ1) is 13.6. The standard InChI is InChI=1S/C10H20N2O3S2/c1-4-15-9-5-10(16-6-9)7-12(8-10)17(13,14)11(2)3/h9H,4-8H2,1-3H3/t9-/m0/s1. The molecule has 0 aromatic carbocycles. The average molecular weight is 280 g/mol. The van der Waals surface area contributed by atoms with Crippen molar-refractivity contribution >= 4 is 22.0 Å². The van der Waals surface area contributed by atoms with E-state index < -0.39 is 10.2 Å². The predicted molar refractivity (Wildman–Crippen MR) is 69.4 cm³/mol. The fraction of sp³-hybridized carbons (Fsp3) is 1.00. The number of rotatable bonds is 4. The zero-order chi connectivity index (χ0) is 12.7. The molecule has 5 nitrogen and oxygen atoms in total. The molecule has 0 aromatic rings. The number of nitrogens with zero attached hydrogens (tertiary/aromatic N) is 2. The summed E-state index contributed by atoms with van der Waals surface area (Å²) in [4.78, 5) is 0. The molecule has 0 radical (unpaired) electrons. The smallest absolute Gasteiger partial charge is 0.281 e. The maximum atomic E-state index is 11.9. The number of thioether (sulfide) groups is 1. The normalized spacial score (nSPS) is 28.8. The summed E-state index contributed by atoms with van der Waals surface area (Å²) in [6.07, 6.45) is 1.28. The van der Waals surface area contributed by atoms with E-state index in [1.165, 1.54) is 4.31 Å². The van der Waals surface area contributed by atoms with E-state index in [9.17, 15) is 8.42 Å². The van der Waals surface area contributed by atoms with Gasteiger partial charge in [0.25, 0.3) is 10.2 Å². The molecule has 0 saturated carbocycles. The molecule has 100 valence electrons. The molecule has 2 heterocycles. The molecule has 17 heavy (non-hydrogen) atoms. The van der Waals surface area contributed by atoms with Gasteiger partial charge in [0.2, 0.25) is 0 Å². The summed E-state index contributed by atoms with van der Waals surface area (Å²) < 4.78 is 32.3. The summed E-state index contributed by atoms with van der Waals surface area (Å²) >= 11 is 1.86. The van der Waals surface area contributed by atoms with Gasteiger partial charge in [-0.3, -0.25) is 0 Å². The second-order valence-electron chi connectivity index (χ2n) is 4.83. The van der Waals surface area contributed by atoms with Gasteiger partial charge in [-0.1, -0.05) is 0 Å². The minimum atomic E-state index is -3.22. The van der Waals surface area contributed by atoms with Gasteiger partial charge >= 0.3 is 0 Å². The third-order valence-corrected chi connectivity index (χ3v) is 6.70. The highest BCUT2D eigenvalue weighted by molar-refractivity contribution is 8.01. The third-order valence-electron chi connectivity index (χ3n) is 3.29. The van der Waals surface area contributed by atoms with Crippen molar-refractivity contribution in [2.24, 2.45) is 0 Å². The van der Waals surface area contributed by atoms with Crippen LogP contribution in [-0.4, -0.2) is 67.4 Å². The minimum Gasteiger partial charge on any atom is -0.378 e. The third kappa shape index (κ3) is 2.49. The molecule has 2 saturated heterocycles. The lowest BCUT2D eigenvalue weighted by Gasteiger charge is -2.46. The van der Waals surface area contributed by atoms with Crippen LogP contribution in [-0.2, 0) is 14.9 Å². The highest BCUT2D eigenvalue weighted by Crippen LogP contribution is 2.46. The first-order valence-electron chi connectivity index (χ1n) is 5.83. The van der Waals surface area contributed by atoms with E-state index in [0.29, 0.717) is 19.2 Å². The Morgan fingerprint density at radius 1 is 1.47 bits per heavy atom. The van der Waals surface area contributed by atoms with Gasteiger partial charge in [0.15, 0.2) is 0 Å². The van der Waals surface area contributed by atoms with Crippen LogP contribution in [0.5, 0.6) is 0 Å². The van der Waals surface area contributed by atoms with Crippen molar-refractivity contribution in [3.8, 4) is 0 Å². The van der Waals surface area contributed by atoms with Gasteiger partial charge in [0, 0.05) is 44.3 Å². The van der Waals surface area contributed by atoms with E-state index in [1.807, 2.05) is 18.7 Å². The number of hydrogen-bond acceptors (Lipinski definition) is 4. The van der Waals surface area contributed by atoms with Crippen LogP contribution in [0.2, 0.25) is 0 Å². The summed E-state index contributed by atoms with van der Waals surface area (Å²) in [5.74, 6) is 0.990. The summed E-state index contributed by atoms with van der Waals surface area (Å²) in [5.41, 5.74) is 0. The van der Waals surface area contributed by atoms with Crippen molar-refractivity contribution in [2.45, 2.75) is 24.2 Å². The van der Waals surface area contributed by atoms with Crippen LogP contribution >= 0.6 is 11.8 Å². The van der Waals surface area contributed by atoms with Crippen LogP contribution in [0.1, 0.15) is 13.3 Å². The first-order chi connectivity index (χ1) is 7.89. The summed E-state index contributed by atoms with van der Waals surface area (Å²) in [6.45, 7) is 3.99. The van der Waals surface area contributed by atoms with Crippen LogP contribution in [0.3, 0.4) is 0 Å². The number of ether oxygens (including phenoxy) is 1. The van der Waals surface area contributed by atoms with Gasteiger partial charge in [-0.15, -0.1) is 11.8 Å². The Bertz CT molecular complexity index is 377. The van der Waals surface area contributed by atoms with Crippen LogP contribution in [0.4, 0.5) is 0 Å². The van der Waals surface area contributed by atoms with Crippen molar-refractivity contribution in [3.63, 3.8) is 0 Å². The largest absolute Gasteiger partial charge is 0.378 e. The van der Waals surface area contributed by atoms with E-state index in [0.717, 1.165) is 18.8 Å². The lowest BCUT2D eigenvalue weighted by atomic mass is 9.95. The topological polar surface area (TPSA) is 49.9 Å². The van der Waals surface area contributed by atoms with Gasteiger partial charge in [0.05, 0.1) is 6.10 Å². The van der Waals surface area contributed by atoms with Gasteiger partial charge in [-0.05, 0) is 13.3 Å². The molecule has 2 aliphatic heterocycles. The molecule has 0 aliphatic carbocycles. The Kier molecular flexibility index (Phi) is 3.76. The zero-order valence-electron chi connectivity index (χ0n) is 10.5. The molecular formula is C10H20N2O3S2. The van der Waals surface area contributed by atoms with Gasteiger partial charge in [-0.2, -0.15) is 17.0 Å². The lowest BCUT2D eigenvalue weighted by molar-refractivity contribution is 0.0592. The molecule has 1 spiro atoms. The van der Waals surface area contributed by atoms with Crippen LogP contribution < -0.4 is 0 Å². The number of hydrogen-bond donors (Lipinski definition) is 0. The van der Waals surface area contributed by atoms with E-state index in [4.69, 9.17) is 4.74 Å².